The molecule has 1 unspecified atom stereocenters. The molecule has 0 radical (unpaired) electrons. The summed E-state index contributed by atoms with van der Waals surface area (Å²) in [5.74, 6) is 1.60. The SMILES string of the molecule is NC1CCCN(C(=O)c2cc3c4c(c2)OCCN4[C@H](c2cc4ccccc4n2CC2CCC2)N3)C1. The van der Waals surface area contributed by atoms with E-state index in [2.05, 4.69) is 45.1 Å². The van der Waals surface area contributed by atoms with Crippen molar-refractivity contribution in [1.29, 1.82) is 0 Å². The van der Waals surface area contributed by atoms with E-state index in [9.17, 15) is 4.79 Å². The maximum Gasteiger partial charge on any atom is 0.254 e. The first-order valence-corrected chi connectivity index (χ1v) is 13.1. The third-order valence-corrected chi connectivity index (χ3v) is 8.34. The quantitative estimate of drug-likeness (QED) is 0.593. The van der Waals surface area contributed by atoms with E-state index in [-0.39, 0.29) is 18.1 Å². The van der Waals surface area contributed by atoms with Gasteiger partial charge in [-0.1, -0.05) is 24.6 Å². The standard InChI is InChI=1S/C28H33N5O2/c29-21-8-4-10-31(17-21)28(34)20-13-22-26-25(15-20)35-12-11-32(26)27(30-22)24-14-19-7-1-2-9-23(19)33(24)16-18-5-3-6-18/h1-2,7,9,13-15,18,21,27,30H,3-6,8,10-12,16-17,29H2/t21?,27-/m1/s1. The van der Waals surface area contributed by atoms with Gasteiger partial charge in [0.1, 0.15) is 24.2 Å². The van der Waals surface area contributed by atoms with E-state index >= 15 is 0 Å². The molecule has 1 saturated heterocycles. The predicted octanol–water partition coefficient (Wildman–Crippen LogP) is 4.33. The van der Waals surface area contributed by atoms with Crippen LogP contribution >= 0.6 is 0 Å². The molecule has 1 amide bonds. The minimum atomic E-state index is 0.0221. The van der Waals surface area contributed by atoms with Crippen LogP contribution in [0.5, 0.6) is 5.75 Å². The molecule has 2 atom stereocenters. The maximum absolute atomic E-state index is 13.4. The molecule has 1 aromatic heterocycles. The molecule has 0 spiro atoms. The molecule has 0 bridgehead atoms. The van der Waals surface area contributed by atoms with Gasteiger partial charge in [-0.3, -0.25) is 4.79 Å². The lowest BCUT2D eigenvalue weighted by molar-refractivity contribution is 0.0708. The van der Waals surface area contributed by atoms with E-state index in [4.69, 9.17) is 10.5 Å². The first kappa shape index (κ1) is 21.1. The molecular formula is C28H33N5O2. The number of anilines is 2. The highest BCUT2D eigenvalue weighted by Crippen LogP contribution is 2.50. The van der Waals surface area contributed by atoms with Crippen LogP contribution in [-0.2, 0) is 6.54 Å². The lowest BCUT2D eigenvalue weighted by atomic mass is 9.85. The van der Waals surface area contributed by atoms with Gasteiger partial charge in [-0.25, -0.2) is 0 Å². The second-order valence-electron chi connectivity index (χ2n) is 10.6. The van der Waals surface area contributed by atoms with Gasteiger partial charge in [-0.2, -0.15) is 0 Å². The number of ether oxygens (including phenoxy) is 1. The highest BCUT2D eigenvalue weighted by Gasteiger charge is 2.38. The van der Waals surface area contributed by atoms with Crippen LogP contribution in [0.4, 0.5) is 11.4 Å². The Hall–Kier alpha value is -3.19. The normalized spacial score (nSPS) is 23.6. The van der Waals surface area contributed by atoms with Gasteiger partial charge in [0.2, 0.25) is 0 Å². The van der Waals surface area contributed by atoms with Crippen LogP contribution in [0.15, 0.2) is 42.5 Å². The first-order valence-electron chi connectivity index (χ1n) is 13.1. The summed E-state index contributed by atoms with van der Waals surface area (Å²) in [6.07, 6.45) is 5.94. The number of benzene rings is 2. The predicted molar refractivity (Wildman–Crippen MR) is 138 cm³/mol. The fourth-order valence-electron chi connectivity index (χ4n) is 6.30. The number of rotatable bonds is 4. The van der Waals surface area contributed by atoms with Crippen LogP contribution in [0, 0.1) is 5.92 Å². The summed E-state index contributed by atoms with van der Waals surface area (Å²) in [6.45, 7) is 3.88. The minimum Gasteiger partial charge on any atom is -0.489 e. The molecule has 1 saturated carbocycles. The number of piperidine rings is 1. The Labute approximate surface area is 205 Å². The molecule has 3 aromatic rings. The Morgan fingerprint density at radius 1 is 1.09 bits per heavy atom. The van der Waals surface area contributed by atoms with Crippen LogP contribution in [-0.4, -0.2) is 47.7 Å². The number of fused-ring (bicyclic) bond motifs is 1. The summed E-state index contributed by atoms with van der Waals surface area (Å²) >= 11 is 0. The van der Waals surface area contributed by atoms with Crippen molar-refractivity contribution in [2.24, 2.45) is 11.7 Å². The fourth-order valence-corrected chi connectivity index (χ4v) is 6.30. The summed E-state index contributed by atoms with van der Waals surface area (Å²) < 4.78 is 8.62. The third-order valence-electron chi connectivity index (χ3n) is 8.34. The number of nitrogens with two attached hydrogens (primary N) is 1. The number of aromatic nitrogens is 1. The van der Waals surface area contributed by atoms with Crippen LogP contribution < -0.4 is 20.7 Å². The Balaban J connectivity index is 1.26. The van der Waals surface area contributed by atoms with Gasteiger partial charge in [0.25, 0.3) is 5.91 Å². The number of carbonyl (C=O) groups is 1. The van der Waals surface area contributed by atoms with E-state index in [1.165, 1.54) is 35.9 Å². The zero-order chi connectivity index (χ0) is 23.5. The van der Waals surface area contributed by atoms with Crippen LogP contribution in [0.3, 0.4) is 0 Å². The summed E-state index contributed by atoms with van der Waals surface area (Å²) in [7, 11) is 0. The number of carbonyl (C=O) groups excluding carboxylic acids is 1. The number of likely N-dealkylation sites (tertiary alicyclic amines) is 1. The van der Waals surface area contributed by atoms with E-state index in [0.717, 1.165) is 55.5 Å². The van der Waals surface area contributed by atoms with Gasteiger partial charge >= 0.3 is 0 Å². The van der Waals surface area contributed by atoms with Gasteiger partial charge in [-0.15, -0.1) is 0 Å². The number of nitrogens with one attached hydrogen (secondary N) is 1. The number of para-hydroxylation sites is 1. The number of hydrogen-bond donors (Lipinski definition) is 2. The van der Waals surface area contributed by atoms with Crippen LogP contribution in [0.2, 0.25) is 0 Å². The van der Waals surface area contributed by atoms with Crippen molar-refractivity contribution in [2.45, 2.75) is 50.9 Å². The molecule has 7 nitrogen and oxygen atoms in total. The molecule has 35 heavy (non-hydrogen) atoms. The zero-order valence-electron chi connectivity index (χ0n) is 20.1. The molecule has 2 aromatic carbocycles. The number of hydrogen-bond acceptors (Lipinski definition) is 5. The first-order chi connectivity index (χ1) is 17.2. The molecule has 4 heterocycles. The van der Waals surface area contributed by atoms with E-state index < -0.39 is 0 Å². The number of nitrogens with zero attached hydrogens (tertiary/aromatic N) is 3. The van der Waals surface area contributed by atoms with Crippen molar-refractivity contribution in [3.8, 4) is 5.75 Å². The second-order valence-corrected chi connectivity index (χ2v) is 10.6. The smallest absolute Gasteiger partial charge is 0.254 e. The molecule has 4 aliphatic rings. The van der Waals surface area contributed by atoms with E-state index in [1.54, 1.807) is 0 Å². The molecule has 2 fully saturated rings. The summed E-state index contributed by atoms with van der Waals surface area (Å²) in [6, 6.07) is 15.1. The van der Waals surface area contributed by atoms with Crippen molar-refractivity contribution >= 4 is 28.2 Å². The fraction of sp³-hybridized carbons (Fsp3) is 0.464. The molecular weight excluding hydrogens is 438 g/mol. The Morgan fingerprint density at radius 2 is 1.97 bits per heavy atom. The summed E-state index contributed by atoms with van der Waals surface area (Å²) in [4.78, 5) is 17.7. The van der Waals surface area contributed by atoms with Crippen LogP contribution in [0.1, 0.15) is 54.3 Å². The van der Waals surface area contributed by atoms with E-state index in [1.807, 2.05) is 17.0 Å². The second kappa shape index (κ2) is 8.19. The lowest BCUT2D eigenvalue weighted by Crippen LogP contribution is -2.45. The topological polar surface area (TPSA) is 75.8 Å². The van der Waals surface area contributed by atoms with Crippen molar-refractivity contribution in [3.63, 3.8) is 0 Å². The van der Waals surface area contributed by atoms with Crippen molar-refractivity contribution in [3.05, 3.63) is 53.7 Å². The molecule has 182 valence electrons. The van der Waals surface area contributed by atoms with Crippen LogP contribution in [0.25, 0.3) is 10.9 Å². The van der Waals surface area contributed by atoms with Gasteiger partial charge in [0, 0.05) is 42.1 Å². The monoisotopic (exact) mass is 471 g/mol. The maximum atomic E-state index is 13.4. The molecule has 3 aliphatic heterocycles. The molecule has 1 aliphatic carbocycles. The van der Waals surface area contributed by atoms with E-state index in [0.29, 0.717) is 18.7 Å². The Kier molecular flexibility index (Phi) is 4.94. The minimum absolute atomic E-state index is 0.0221. The van der Waals surface area contributed by atoms with Gasteiger partial charge in [0.05, 0.1) is 17.9 Å². The number of amides is 1. The molecule has 7 heteroatoms. The highest BCUT2D eigenvalue weighted by molar-refractivity contribution is 5.99. The summed E-state index contributed by atoms with van der Waals surface area (Å²) in [5, 5.41) is 5.06. The zero-order valence-corrected chi connectivity index (χ0v) is 20.1. The average molecular weight is 472 g/mol. The molecule has 7 rings (SSSR count). The Morgan fingerprint density at radius 3 is 2.80 bits per heavy atom. The highest BCUT2D eigenvalue weighted by atomic mass is 16.5. The average Bonchev–Trinajstić information content (AvgIpc) is 3.40. The van der Waals surface area contributed by atoms with Crippen molar-refractivity contribution in [2.75, 3.05) is 36.5 Å². The summed E-state index contributed by atoms with van der Waals surface area (Å²) in [5.41, 5.74) is 11.5. The van der Waals surface area contributed by atoms with Gasteiger partial charge in [-0.05, 0) is 55.9 Å². The third kappa shape index (κ3) is 3.47. The molecule has 3 N–H and O–H groups in total. The lowest BCUT2D eigenvalue weighted by Gasteiger charge is -2.33. The Bertz CT molecular complexity index is 1300. The van der Waals surface area contributed by atoms with Gasteiger partial charge in [0.15, 0.2) is 0 Å². The van der Waals surface area contributed by atoms with Gasteiger partial charge < -0.3 is 30.2 Å². The van der Waals surface area contributed by atoms with Crippen molar-refractivity contribution < 1.29 is 9.53 Å². The van der Waals surface area contributed by atoms with Crippen molar-refractivity contribution in [1.82, 2.24) is 9.47 Å². The largest absolute Gasteiger partial charge is 0.489 e.